The summed E-state index contributed by atoms with van der Waals surface area (Å²) in [4.78, 5) is 2.34. The van der Waals surface area contributed by atoms with Gasteiger partial charge >= 0.3 is 0 Å². The minimum Gasteiger partial charge on any atom is -0.314 e. The van der Waals surface area contributed by atoms with Gasteiger partial charge in [0.15, 0.2) is 0 Å². The van der Waals surface area contributed by atoms with E-state index in [2.05, 4.69) is 17.1 Å². The minimum absolute atomic E-state index is 0.216. The first-order chi connectivity index (χ1) is 6.77. The summed E-state index contributed by atoms with van der Waals surface area (Å²) in [7, 11) is 0. The molecule has 1 aliphatic carbocycles. The summed E-state index contributed by atoms with van der Waals surface area (Å²) < 4.78 is 13.8. The molecule has 0 bridgehead atoms. The summed E-state index contributed by atoms with van der Waals surface area (Å²) in [5.41, 5.74) is 0. The van der Waals surface area contributed by atoms with Gasteiger partial charge in [0.05, 0.1) is 0 Å². The lowest BCUT2D eigenvalue weighted by Gasteiger charge is -2.40. The van der Waals surface area contributed by atoms with Gasteiger partial charge in [-0.25, -0.2) is 4.39 Å². The van der Waals surface area contributed by atoms with E-state index in [4.69, 9.17) is 0 Å². The SMILES string of the molecule is CC1CCC(N2CCNCC2)C(F)C1. The third kappa shape index (κ3) is 2.26. The Kier molecular flexibility index (Phi) is 3.39. The third-order valence-electron chi connectivity index (χ3n) is 3.62. The fraction of sp³-hybridized carbons (Fsp3) is 1.00. The number of halogens is 1. The van der Waals surface area contributed by atoms with E-state index in [-0.39, 0.29) is 6.04 Å². The van der Waals surface area contributed by atoms with Gasteiger partial charge in [-0.15, -0.1) is 0 Å². The number of nitrogens with zero attached hydrogens (tertiary/aromatic N) is 1. The molecular weight excluding hydrogens is 179 g/mol. The lowest BCUT2D eigenvalue weighted by Crippen LogP contribution is -2.53. The van der Waals surface area contributed by atoms with Crippen LogP contribution in [0.4, 0.5) is 4.39 Å². The van der Waals surface area contributed by atoms with Gasteiger partial charge in [-0.05, 0) is 25.2 Å². The first-order valence-corrected chi connectivity index (χ1v) is 5.86. The van der Waals surface area contributed by atoms with Gasteiger partial charge in [-0.3, -0.25) is 4.90 Å². The second-order valence-electron chi connectivity index (χ2n) is 4.79. The first-order valence-electron chi connectivity index (χ1n) is 5.86. The van der Waals surface area contributed by atoms with Crippen molar-refractivity contribution in [2.45, 2.75) is 38.4 Å². The molecule has 3 atom stereocenters. The Balaban J connectivity index is 1.89. The van der Waals surface area contributed by atoms with E-state index < -0.39 is 6.17 Å². The van der Waals surface area contributed by atoms with Crippen molar-refractivity contribution in [1.82, 2.24) is 10.2 Å². The van der Waals surface area contributed by atoms with E-state index in [9.17, 15) is 4.39 Å². The summed E-state index contributed by atoms with van der Waals surface area (Å²) in [5, 5.41) is 3.31. The zero-order valence-electron chi connectivity index (χ0n) is 9.01. The fourth-order valence-electron chi connectivity index (χ4n) is 2.72. The highest BCUT2D eigenvalue weighted by atomic mass is 19.1. The van der Waals surface area contributed by atoms with Crippen LogP contribution in [-0.2, 0) is 0 Å². The predicted octanol–water partition coefficient (Wildman–Crippen LogP) is 1.42. The Morgan fingerprint density at radius 1 is 1.21 bits per heavy atom. The quantitative estimate of drug-likeness (QED) is 0.688. The molecule has 2 fully saturated rings. The smallest absolute Gasteiger partial charge is 0.116 e. The molecule has 1 aliphatic heterocycles. The molecule has 2 nitrogen and oxygen atoms in total. The van der Waals surface area contributed by atoms with E-state index in [1.807, 2.05) is 0 Å². The van der Waals surface area contributed by atoms with Crippen molar-refractivity contribution in [1.29, 1.82) is 0 Å². The Morgan fingerprint density at radius 3 is 2.57 bits per heavy atom. The maximum atomic E-state index is 13.8. The number of hydrogen-bond acceptors (Lipinski definition) is 2. The van der Waals surface area contributed by atoms with E-state index in [1.165, 1.54) is 6.42 Å². The summed E-state index contributed by atoms with van der Waals surface area (Å²) in [6.45, 7) is 6.27. The largest absolute Gasteiger partial charge is 0.314 e. The zero-order valence-corrected chi connectivity index (χ0v) is 9.01. The van der Waals surface area contributed by atoms with E-state index >= 15 is 0 Å². The number of alkyl halides is 1. The number of nitrogens with one attached hydrogen (secondary N) is 1. The monoisotopic (exact) mass is 200 g/mol. The van der Waals surface area contributed by atoms with Crippen LogP contribution in [0.5, 0.6) is 0 Å². The van der Waals surface area contributed by atoms with Gasteiger partial charge in [-0.1, -0.05) is 6.92 Å². The Bertz CT molecular complexity index is 180. The number of piperazine rings is 1. The Hall–Kier alpha value is -0.150. The van der Waals surface area contributed by atoms with Crippen LogP contribution < -0.4 is 5.32 Å². The molecule has 3 heteroatoms. The van der Waals surface area contributed by atoms with Crippen LogP contribution >= 0.6 is 0 Å². The molecule has 2 aliphatic rings. The molecule has 0 amide bonds. The molecule has 3 unspecified atom stereocenters. The number of hydrogen-bond donors (Lipinski definition) is 1. The second-order valence-corrected chi connectivity index (χ2v) is 4.79. The van der Waals surface area contributed by atoms with Crippen LogP contribution in [0.3, 0.4) is 0 Å². The van der Waals surface area contributed by atoms with Crippen molar-refractivity contribution in [2.24, 2.45) is 5.92 Å². The lowest BCUT2D eigenvalue weighted by atomic mass is 9.85. The Morgan fingerprint density at radius 2 is 1.93 bits per heavy atom. The zero-order chi connectivity index (χ0) is 9.97. The molecule has 2 rings (SSSR count). The summed E-state index contributed by atoms with van der Waals surface area (Å²) in [6, 6.07) is 0.216. The minimum atomic E-state index is -0.586. The summed E-state index contributed by atoms with van der Waals surface area (Å²) in [5.74, 6) is 0.587. The standard InChI is InChI=1S/C11H21FN2/c1-9-2-3-11(10(12)8-9)14-6-4-13-5-7-14/h9-11,13H,2-8H2,1H3. The van der Waals surface area contributed by atoms with Gasteiger partial charge in [0.25, 0.3) is 0 Å². The highest BCUT2D eigenvalue weighted by Crippen LogP contribution is 2.29. The van der Waals surface area contributed by atoms with Gasteiger partial charge < -0.3 is 5.32 Å². The van der Waals surface area contributed by atoms with Crippen LogP contribution in [0.2, 0.25) is 0 Å². The summed E-state index contributed by atoms with van der Waals surface area (Å²) >= 11 is 0. The molecular formula is C11H21FN2. The molecule has 14 heavy (non-hydrogen) atoms. The average molecular weight is 200 g/mol. The summed E-state index contributed by atoms with van der Waals surface area (Å²) in [6.07, 6.45) is 2.45. The fourth-order valence-corrected chi connectivity index (χ4v) is 2.72. The maximum absolute atomic E-state index is 13.8. The van der Waals surface area contributed by atoms with Crippen molar-refractivity contribution < 1.29 is 4.39 Å². The molecule has 1 heterocycles. The van der Waals surface area contributed by atoms with Crippen LogP contribution in [0, 0.1) is 5.92 Å². The molecule has 82 valence electrons. The van der Waals surface area contributed by atoms with Crippen LogP contribution in [0.15, 0.2) is 0 Å². The van der Waals surface area contributed by atoms with Gasteiger partial charge in [0, 0.05) is 32.2 Å². The van der Waals surface area contributed by atoms with Gasteiger partial charge in [0.2, 0.25) is 0 Å². The third-order valence-corrected chi connectivity index (χ3v) is 3.62. The molecule has 0 radical (unpaired) electrons. The molecule has 0 aromatic carbocycles. The molecule has 1 saturated heterocycles. The van der Waals surface area contributed by atoms with E-state index in [0.717, 1.165) is 39.0 Å². The molecule has 0 aromatic heterocycles. The molecule has 0 aromatic rings. The van der Waals surface area contributed by atoms with Crippen LogP contribution in [0.25, 0.3) is 0 Å². The Labute approximate surface area is 85.9 Å². The predicted molar refractivity (Wildman–Crippen MR) is 56.1 cm³/mol. The van der Waals surface area contributed by atoms with Crippen LogP contribution in [0.1, 0.15) is 26.2 Å². The van der Waals surface area contributed by atoms with Crippen LogP contribution in [-0.4, -0.2) is 43.3 Å². The van der Waals surface area contributed by atoms with Gasteiger partial charge in [0.1, 0.15) is 6.17 Å². The molecule has 1 N–H and O–H groups in total. The van der Waals surface area contributed by atoms with E-state index in [0.29, 0.717) is 5.92 Å². The number of rotatable bonds is 1. The lowest BCUT2D eigenvalue weighted by molar-refractivity contribution is 0.0508. The highest BCUT2D eigenvalue weighted by molar-refractivity contribution is 4.87. The van der Waals surface area contributed by atoms with Crippen molar-refractivity contribution in [3.05, 3.63) is 0 Å². The highest BCUT2D eigenvalue weighted by Gasteiger charge is 2.33. The maximum Gasteiger partial charge on any atom is 0.116 e. The van der Waals surface area contributed by atoms with Crippen molar-refractivity contribution in [3.8, 4) is 0 Å². The average Bonchev–Trinajstić information content (AvgIpc) is 2.19. The van der Waals surface area contributed by atoms with E-state index in [1.54, 1.807) is 0 Å². The van der Waals surface area contributed by atoms with Crippen molar-refractivity contribution in [3.63, 3.8) is 0 Å². The molecule has 0 spiro atoms. The second kappa shape index (κ2) is 4.58. The topological polar surface area (TPSA) is 15.3 Å². The van der Waals surface area contributed by atoms with Crippen molar-refractivity contribution >= 4 is 0 Å². The normalized spacial score (nSPS) is 41.1. The van der Waals surface area contributed by atoms with Gasteiger partial charge in [-0.2, -0.15) is 0 Å². The first kappa shape index (κ1) is 10.4. The van der Waals surface area contributed by atoms with Crippen molar-refractivity contribution in [2.75, 3.05) is 26.2 Å². The molecule has 1 saturated carbocycles.